The molecule has 5 aromatic rings. The van der Waals surface area contributed by atoms with Gasteiger partial charge in [0.1, 0.15) is 23.4 Å². The van der Waals surface area contributed by atoms with Gasteiger partial charge < -0.3 is 10.2 Å². The number of aryl methyl sites for hydroxylation is 3. The monoisotopic (exact) mass is 813 g/mol. The van der Waals surface area contributed by atoms with Crippen LogP contribution in [0.4, 0.5) is 33.1 Å². The highest BCUT2D eigenvalue weighted by Crippen LogP contribution is 2.38. The number of rotatable bonds is 14. The summed E-state index contributed by atoms with van der Waals surface area (Å²) < 4.78 is 17.3. The molecular weight excluding hydrogens is 770 g/mol. The number of nitrogens with one attached hydrogen (secondary N) is 1. The first kappa shape index (κ1) is 40.7. The number of aromatic nitrogens is 6. The summed E-state index contributed by atoms with van der Waals surface area (Å²) in [5.41, 5.74) is 3.82. The molecule has 0 atom stereocenters. The number of nitrogens with zero attached hydrogens (tertiary/aromatic N) is 10. The lowest BCUT2D eigenvalue weighted by atomic mass is 10.0. The van der Waals surface area contributed by atoms with E-state index in [-0.39, 0.29) is 41.2 Å². The predicted molar refractivity (Wildman–Crippen MR) is 228 cm³/mol. The fraction of sp³-hybridized carbons (Fsp3) is 0.349. The molecule has 2 aliphatic rings. The van der Waals surface area contributed by atoms with E-state index in [2.05, 4.69) is 25.2 Å². The van der Waals surface area contributed by atoms with Crippen LogP contribution in [0.15, 0.2) is 61.1 Å². The van der Waals surface area contributed by atoms with Crippen molar-refractivity contribution < 1.29 is 18.8 Å². The van der Waals surface area contributed by atoms with Gasteiger partial charge in [-0.1, -0.05) is 25.3 Å². The SMILES string of the molecule is [C-]#[N+]c1ccc(N2C(=O)C(C)(C)N(c3ccc(C(=O)CCCCCCCn4cnc(-c5ccc(-c6cnc7c(n6)N(CC)C(=O)CN7)c(C)n5)n4)c(F)c3)C2=S)cc1C. The van der Waals surface area contributed by atoms with Gasteiger partial charge in [0.15, 0.2) is 34.0 Å². The van der Waals surface area contributed by atoms with Crippen molar-refractivity contribution in [1.29, 1.82) is 0 Å². The maximum Gasteiger partial charge on any atom is 0.259 e. The summed E-state index contributed by atoms with van der Waals surface area (Å²) in [4.78, 5) is 65.5. The molecule has 16 heteroatoms. The minimum atomic E-state index is -1.11. The van der Waals surface area contributed by atoms with Crippen molar-refractivity contribution in [3.05, 3.63) is 95.1 Å². The lowest BCUT2D eigenvalue weighted by Gasteiger charge is -2.29. The number of anilines is 4. The fourth-order valence-corrected chi connectivity index (χ4v) is 7.97. The highest BCUT2D eigenvalue weighted by molar-refractivity contribution is 7.81. The Labute approximate surface area is 347 Å². The summed E-state index contributed by atoms with van der Waals surface area (Å²) in [5, 5.41) is 7.84. The van der Waals surface area contributed by atoms with Crippen LogP contribution in [0.25, 0.3) is 27.6 Å². The summed E-state index contributed by atoms with van der Waals surface area (Å²) in [6.45, 7) is 17.7. The molecule has 0 saturated carbocycles. The average molecular weight is 814 g/mol. The fourth-order valence-electron chi connectivity index (χ4n) is 7.45. The van der Waals surface area contributed by atoms with E-state index >= 15 is 4.39 Å². The van der Waals surface area contributed by atoms with Crippen LogP contribution in [-0.4, -0.2) is 71.1 Å². The second kappa shape index (κ2) is 16.8. The normalized spacial score (nSPS) is 14.7. The van der Waals surface area contributed by atoms with Gasteiger partial charge in [0.25, 0.3) is 5.91 Å². The molecular formula is C43H44FN11O3S. The van der Waals surface area contributed by atoms with E-state index < -0.39 is 11.4 Å². The Hall–Kier alpha value is -6.47. The number of benzene rings is 2. The maximum atomic E-state index is 15.5. The van der Waals surface area contributed by atoms with Gasteiger partial charge in [0.2, 0.25) is 5.91 Å². The molecule has 0 aliphatic carbocycles. The molecule has 0 unspecified atom stereocenters. The second-order valence-electron chi connectivity index (χ2n) is 15.1. The minimum absolute atomic E-state index is 0.0114. The molecule has 59 heavy (non-hydrogen) atoms. The Morgan fingerprint density at radius 3 is 2.46 bits per heavy atom. The van der Waals surface area contributed by atoms with Crippen LogP contribution in [0.2, 0.25) is 0 Å². The van der Waals surface area contributed by atoms with Gasteiger partial charge in [-0.2, -0.15) is 0 Å². The second-order valence-corrected chi connectivity index (χ2v) is 15.5. The average Bonchev–Trinajstić information content (AvgIpc) is 3.75. The number of carbonyl (C=O) groups is 3. The highest BCUT2D eigenvalue weighted by Gasteiger charge is 2.50. The number of thiocarbonyl (C=S) groups is 1. The molecule has 1 saturated heterocycles. The molecule has 5 heterocycles. The number of halogens is 1. The van der Waals surface area contributed by atoms with Crippen LogP contribution >= 0.6 is 12.2 Å². The number of fused-ring (bicyclic) bond motifs is 1. The predicted octanol–water partition coefficient (Wildman–Crippen LogP) is 8.02. The molecule has 0 bridgehead atoms. The molecule has 0 radical (unpaired) electrons. The quantitative estimate of drug-likeness (QED) is 0.0503. The topological polar surface area (TPSA) is 147 Å². The third-order valence-corrected chi connectivity index (χ3v) is 11.1. The van der Waals surface area contributed by atoms with E-state index in [0.717, 1.165) is 42.5 Å². The van der Waals surface area contributed by atoms with Crippen LogP contribution in [-0.2, 0) is 16.1 Å². The Bertz CT molecular complexity index is 2530. The van der Waals surface area contributed by atoms with Crippen LogP contribution in [0, 0.1) is 26.2 Å². The smallest absolute Gasteiger partial charge is 0.259 e. The molecule has 2 aliphatic heterocycles. The van der Waals surface area contributed by atoms with Gasteiger partial charge in [-0.15, -0.1) is 5.10 Å². The minimum Gasteiger partial charge on any atom is -0.358 e. The van der Waals surface area contributed by atoms with Crippen LogP contribution in [0.5, 0.6) is 0 Å². The van der Waals surface area contributed by atoms with E-state index in [0.29, 0.717) is 65.4 Å². The van der Waals surface area contributed by atoms with Crippen LogP contribution in [0.1, 0.15) is 80.9 Å². The summed E-state index contributed by atoms with van der Waals surface area (Å²) in [5.74, 6) is 0.345. The largest absolute Gasteiger partial charge is 0.358 e. The van der Waals surface area contributed by atoms with Crippen LogP contribution < -0.4 is 20.0 Å². The number of ketones is 1. The first-order valence-electron chi connectivity index (χ1n) is 19.6. The third-order valence-electron chi connectivity index (χ3n) is 10.7. The summed E-state index contributed by atoms with van der Waals surface area (Å²) in [7, 11) is 0. The van der Waals surface area contributed by atoms with Gasteiger partial charge in [-0.25, -0.2) is 29.2 Å². The van der Waals surface area contributed by atoms with E-state index in [1.807, 2.05) is 26.0 Å². The first-order chi connectivity index (χ1) is 28.3. The van der Waals surface area contributed by atoms with Gasteiger partial charge >= 0.3 is 0 Å². The van der Waals surface area contributed by atoms with E-state index in [1.54, 1.807) is 72.0 Å². The number of hydrogen-bond acceptors (Lipinski definition) is 10. The molecule has 14 nitrogen and oxygen atoms in total. The summed E-state index contributed by atoms with van der Waals surface area (Å²) >= 11 is 5.74. The Balaban J connectivity index is 0.874. The van der Waals surface area contributed by atoms with Crippen molar-refractivity contribution in [3.8, 4) is 22.8 Å². The number of Topliss-reactive ketones (excluding diaryl/α,β-unsaturated/α-hetero) is 1. The standard InChI is InChI=1S/C43H44FN11O3S/c1-7-53-37(57)24-47-39-40(53)50-35(23-46-39)30-17-19-34(49-27(30)3)38-48-25-52(51-38)20-12-10-8-9-11-13-36(56)31-16-14-29(22-32(31)44)55-42(59)54(41(58)43(55,4)5)28-15-18-33(45-6)26(2)21-28/h14-19,21-23,25H,7-13,20,24H2,1-5H3,(H,46,47). The van der Waals surface area contributed by atoms with Crippen molar-refractivity contribution in [2.75, 3.05) is 33.1 Å². The van der Waals surface area contributed by atoms with Crippen molar-refractivity contribution in [3.63, 3.8) is 0 Å². The zero-order valence-corrected chi connectivity index (χ0v) is 34.4. The number of hydrogen-bond donors (Lipinski definition) is 1. The zero-order chi connectivity index (χ0) is 42.0. The van der Waals surface area contributed by atoms with Gasteiger partial charge in [-0.3, -0.25) is 28.9 Å². The maximum absolute atomic E-state index is 15.5. The molecule has 2 amide bonds. The molecule has 1 N–H and O–H groups in total. The van der Waals surface area contributed by atoms with Crippen molar-refractivity contribution in [2.45, 2.75) is 85.2 Å². The van der Waals surface area contributed by atoms with Crippen molar-refractivity contribution in [1.82, 2.24) is 29.7 Å². The molecule has 0 spiro atoms. The zero-order valence-electron chi connectivity index (χ0n) is 33.6. The summed E-state index contributed by atoms with van der Waals surface area (Å²) in [6.07, 6.45) is 7.78. The van der Waals surface area contributed by atoms with E-state index in [4.69, 9.17) is 28.8 Å². The molecule has 302 valence electrons. The van der Waals surface area contributed by atoms with Gasteiger partial charge in [-0.05, 0) is 108 Å². The van der Waals surface area contributed by atoms with Crippen molar-refractivity contribution in [2.24, 2.45) is 0 Å². The van der Waals surface area contributed by atoms with Crippen molar-refractivity contribution >= 4 is 63.6 Å². The molecule has 7 rings (SSSR count). The number of amides is 2. The number of carbonyl (C=O) groups excluding carboxylic acids is 3. The lowest BCUT2D eigenvalue weighted by Crippen LogP contribution is -2.44. The Kier molecular flexibility index (Phi) is 11.6. The number of pyridine rings is 1. The molecule has 1 fully saturated rings. The third kappa shape index (κ3) is 8.02. The number of unbranched alkanes of at least 4 members (excludes halogenated alkanes) is 4. The van der Waals surface area contributed by atoms with Gasteiger partial charge in [0, 0.05) is 42.1 Å². The highest BCUT2D eigenvalue weighted by atomic mass is 32.1. The van der Waals surface area contributed by atoms with Crippen LogP contribution in [0.3, 0.4) is 0 Å². The Morgan fingerprint density at radius 1 is 0.966 bits per heavy atom. The Morgan fingerprint density at radius 2 is 1.73 bits per heavy atom. The first-order valence-corrected chi connectivity index (χ1v) is 20.0. The molecule has 3 aromatic heterocycles. The van der Waals surface area contributed by atoms with E-state index in [9.17, 15) is 14.4 Å². The lowest BCUT2D eigenvalue weighted by molar-refractivity contribution is -0.120. The van der Waals surface area contributed by atoms with Gasteiger partial charge in [0.05, 0.1) is 30.6 Å². The summed E-state index contributed by atoms with van der Waals surface area (Å²) in [6, 6.07) is 13.2. The van der Waals surface area contributed by atoms with E-state index in [1.165, 1.54) is 17.0 Å². The number of likely N-dealkylation sites (N-methyl/N-ethyl adjacent to an activating group) is 1. The molecule has 2 aromatic carbocycles.